The first-order chi connectivity index (χ1) is 9.33. The molecule has 0 atom stereocenters. The van der Waals surface area contributed by atoms with E-state index in [4.69, 9.17) is 23.2 Å². The van der Waals surface area contributed by atoms with Gasteiger partial charge < -0.3 is 9.88 Å². The molecule has 4 heteroatoms. The molecule has 0 fully saturated rings. The summed E-state index contributed by atoms with van der Waals surface area (Å²) in [6.45, 7) is 8.08. The number of aromatic nitrogens is 1. The number of benzene rings is 1. The summed E-state index contributed by atoms with van der Waals surface area (Å²) in [5, 5.41) is 4.94. The second kappa shape index (κ2) is 6.21. The summed E-state index contributed by atoms with van der Waals surface area (Å²) < 4.78 is 2.12. The van der Waals surface area contributed by atoms with E-state index in [-0.39, 0.29) is 5.54 Å². The highest BCUT2D eigenvalue weighted by atomic mass is 35.5. The fourth-order valence-electron chi connectivity index (χ4n) is 1.92. The van der Waals surface area contributed by atoms with Crippen LogP contribution in [0.25, 0.3) is 0 Å². The Bertz CT molecular complexity index is 582. The molecule has 20 heavy (non-hydrogen) atoms. The number of nitrogens with one attached hydrogen (secondary N) is 1. The first-order valence-electron chi connectivity index (χ1n) is 6.67. The predicted molar refractivity (Wildman–Crippen MR) is 86.6 cm³/mol. The fraction of sp³-hybridized carbons (Fsp3) is 0.375. The molecule has 1 aromatic carbocycles. The minimum absolute atomic E-state index is 0.123. The van der Waals surface area contributed by atoms with Gasteiger partial charge in [-0.25, -0.2) is 0 Å². The van der Waals surface area contributed by atoms with E-state index in [1.807, 2.05) is 18.2 Å². The third kappa shape index (κ3) is 4.55. The van der Waals surface area contributed by atoms with E-state index >= 15 is 0 Å². The summed E-state index contributed by atoms with van der Waals surface area (Å²) >= 11 is 12.2. The smallest absolute Gasteiger partial charge is 0.0485 e. The van der Waals surface area contributed by atoms with E-state index in [1.165, 1.54) is 5.56 Å². The van der Waals surface area contributed by atoms with Crippen LogP contribution >= 0.6 is 23.2 Å². The molecule has 0 saturated carbocycles. The average Bonchev–Trinajstić information content (AvgIpc) is 2.78. The van der Waals surface area contributed by atoms with E-state index in [2.05, 4.69) is 49.1 Å². The molecule has 0 bridgehead atoms. The monoisotopic (exact) mass is 310 g/mol. The lowest BCUT2D eigenvalue weighted by atomic mass is 10.1. The van der Waals surface area contributed by atoms with Gasteiger partial charge in [-0.1, -0.05) is 23.2 Å². The number of rotatable bonds is 4. The van der Waals surface area contributed by atoms with Crippen molar-refractivity contribution in [3.8, 4) is 0 Å². The molecule has 2 rings (SSSR count). The Balaban J connectivity index is 2.04. The molecule has 0 amide bonds. The average molecular weight is 311 g/mol. The van der Waals surface area contributed by atoms with E-state index in [0.29, 0.717) is 5.02 Å². The first kappa shape index (κ1) is 15.4. The van der Waals surface area contributed by atoms with Crippen molar-refractivity contribution < 1.29 is 0 Å². The van der Waals surface area contributed by atoms with Crippen LogP contribution in [-0.2, 0) is 13.1 Å². The lowest BCUT2D eigenvalue weighted by Crippen LogP contribution is -2.34. The van der Waals surface area contributed by atoms with Crippen LogP contribution in [0.2, 0.25) is 10.0 Å². The van der Waals surface area contributed by atoms with Crippen molar-refractivity contribution in [2.24, 2.45) is 0 Å². The van der Waals surface area contributed by atoms with Crippen LogP contribution < -0.4 is 5.32 Å². The van der Waals surface area contributed by atoms with Crippen LogP contribution in [0, 0.1) is 0 Å². The molecular formula is C16H20Cl2N2. The second-order valence-electron chi connectivity index (χ2n) is 6.03. The zero-order valence-corrected chi connectivity index (χ0v) is 13.6. The highest BCUT2D eigenvalue weighted by Gasteiger charge is 2.09. The first-order valence-corrected chi connectivity index (χ1v) is 7.43. The maximum Gasteiger partial charge on any atom is 0.0485 e. The summed E-state index contributed by atoms with van der Waals surface area (Å²) in [4.78, 5) is 0. The van der Waals surface area contributed by atoms with Crippen LogP contribution in [0.1, 0.15) is 31.9 Å². The molecule has 0 unspecified atom stereocenters. The van der Waals surface area contributed by atoms with Crippen LogP contribution in [0.4, 0.5) is 0 Å². The molecule has 0 saturated heterocycles. The zero-order valence-electron chi connectivity index (χ0n) is 12.1. The molecule has 2 aromatic rings. The Morgan fingerprint density at radius 1 is 1.15 bits per heavy atom. The van der Waals surface area contributed by atoms with Crippen molar-refractivity contribution in [3.05, 3.63) is 57.8 Å². The van der Waals surface area contributed by atoms with E-state index in [9.17, 15) is 0 Å². The van der Waals surface area contributed by atoms with Crippen molar-refractivity contribution >= 4 is 23.2 Å². The SMILES string of the molecule is CC(C)(C)NCc1ccn(Cc2cc(Cl)ccc2Cl)c1. The Labute approximate surface area is 130 Å². The van der Waals surface area contributed by atoms with Gasteiger partial charge in [0.2, 0.25) is 0 Å². The third-order valence-electron chi connectivity index (χ3n) is 3.00. The lowest BCUT2D eigenvalue weighted by molar-refractivity contribution is 0.424. The van der Waals surface area contributed by atoms with Crippen molar-refractivity contribution in [1.29, 1.82) is 0 Å². The third-order valence-corrected chi connectivity index (χ3v) is 3.60. The topological polar surface area (TPSA) is 17.0 Å². The van der Waals surface area contributed by atoms with Crippen molar-refractivity contribution in [1.82, 2.24) is 9.88 Å². The molecule has 0 spiro atoms. The van der Waals surface area contributed by atoms with Crippen LogP contribution in [0.5, 0.6) is 0 Å². The molecule has 0 aliphatic heterocycles. The summed E-state index contributed by atoms with van der Waals surface area (Å²) in [6.07, 6.45) is 4.20. The van der Waals surface area contributed by atoms with Gasteiger partial charge in [0.1, 0.15) is 0 Å². The number of hydrogen-bond donors (Lipinski definition) is 1. The summed E-state index contributed by atoms with van der Waals surface area (Å²) in [7, 11) is 0. The van der Waals surface area contributed by atoms with Crippen molar-refractivity contribution in [2.75, 3.05) is 0 Å². The fourth-order valence-corrected chi connectivity index (χ4v) is 2.29. The van der Waals surface area contributed by atoms with E-state index in [0.717, 1.165) is 23.7 Å². The number of hydrogen-bond acceptors (Lipinski definition) is 1. The summed E-state index contributed by atoms with van der Waals surface area (Å²) in [6, 6.07) is 7.68. The lowest BCUT2D eigenvalue weighted by Gasteiger charge is -2.19. The largest absolute Gasteiger partial charge is 0.350 e. The van der Waals surface area contributed by atoms with Gasteiger partial charge in [-0.3, -0.25) is 0 Å². The van der Waals surface area contributed by atoms with Gasteiger partial charge >= 0.3 is 0 Å². The normalized spacial score (nSPS) is 11.8. The van der Waals surface area contributed by atoms with Crippen LogP contribution in [-0.4, -0.2) is 10.1 Å². The Kier molecular flexibility index (Phi) is 4.79. The van der Waals surface area contributed by atoms with E-state index in [1.54, 1.807) is 0 Å². The van der Waals surface area contributed by atoms with Gasteiger partial charge in [0, 0.05) is 41.1 Å². The van der Waals surface area contributed by atoms with Gasteiger partial charge in [-0.05, 0) is 56.2 Å². The highest BCUT2D eigenvalue weighted by molar-refractivity contribution is 6.33. The molecule has 0 radical (unpaired) electrons. The molecule has 108 valence electrons. The minimum atomic E-state index is 0.123. The number of halogens is 2. The Morgan fingerprint density at radius 2 is 1.90 bits per heavy atom. The van der Waals surface area contributed by atoms with Gasteiger partial charge in [-0.15, -0.1) is 0 Å². The maximum absolute atomic E-state index is 6.19. The van der Waals surface area contributed by atoms with Gasteiger partial charge in [0.05, 0.1) is 0 Å². The van der Waals surface area contributed by atoms with Gasteiger partial charge in [0.15, 0.2) is 0 Å². The Hall–Kier alpha value is -0.960. The number of nitrogens with zero attached hydrogens (tertiary/aromatic N) is 1. The van der Waals surface area contributed by atoms with Crippen molar-refractivity contribution in [2.45, 2.75) is 39.4 Å². The predicted octanol–water partition coefficient (Wildman–Crippen LogP) is 4.73. The molecule has 1 heterocycles. The minimum Gasteiger partial charge on any atom is -0.350 e. The molecular weight excluding hydrogens is 291 g/mol. The molecule has 1 aromatic heterocycles. The van der Waals surface area contributed by atoms with Gasteiger partial charge in [-0.2, -0.15) is 0 Å². The van der Waals surface area contributed by atoms with Crippen LogP contribution in [0.15, 0.2) is 36.7 Å². The van der Waals surface area contributed by atoms with Crippen LogP contribution in [0.3, 0.4) is 0 Å². The summed E-state index contributed by atoms with van der Waals surface area (Å²) in [5.74, 6) is 0. The zero-order chi connectivity index (χ0) is 14.8. The summed E-state index contributed by atoms with van der Waals surface area (Å²) in [5.41, 5.74) is 2.42. The van der Waals surface area contributed by atoms with Crippen molar-refractivity contribution in [3.63, 3.8) is 0 Å². The second-order valence-corrected chi connectivity index (χ2v) is 6.88. The Morgan fingerprint density at radius 3 is 2.60 bits per heavy atom. The highest BCUT2D eigenvalue weighted by Crippen LogP contribution is 2.21. The molecule has 0 aliphatic carbocycles. The van der Waals surface area contributed by atoms with E-state index < -0.39 is 0 Å². The molecule has 2 nitrogen and oxygen atoms in total. The maximum atomic E-state index is 6.19. The standard InChI is InChI=1S/C16H20Cl2N2/c1-16(2,3)19-9-12-6-7-20(10-12)11-13-8-14(17)4-5-15(13)18/h4-8,10,19H,9,11H2,1-3H3. The van der Waals surface area contributed by atoms with Gasteiger partial charge in [0.25, 0.3) is 0 Å². The molecule has 0 aliphatic rings. The molecule has 1 N–H and O–H groups in total. The quantitative estimate of drug-likeness (QED) is 0.863.